The number of alkyl halides is 3. The van der Waals surface area contributed by atoms with Crippen molar-refractivity contribution in [3.8, 4) is 11.8 Å². The lowest BCUT2D eigenvalue weighted by Gasteiger charge is -2.21. The predicted octanol–water partition coefficient (Wildman–Crippen LogP) is 3.12. The van der Waals surface area contributed by atoms with Crippen molar-refractivity contribution in [2.24, 2.45) is 0 Å². The number of nitrogens with zero attached hydrogens (tertiary/aromatic N) is 3. The van der Waals surface area contributed by atoms with Crippen molar-refractivity contribution in [3.05, 3.63) is 22.5 Å². The molecule has 0 saturated carbocycles. The fourth-order valence-electron chi connectivity index (χ4n) is 2.83. The molecule has 1 N–H and O–H groups in total. The van der Waals surface area contributed by atoms with E-state index in [-0.39, 0.29) is 33.9 Å². The van der Waals surface area contributed by atoms with Gasteiger partial charge < -0.3 is 14.2 Å². The molecule has 1 aliphatic rings. The van der Waals surface area contributed by atoms with E-state index in [1.54, 1.807) is 0 Å². The molecule has 152 valence electrons. The van der Waals surface area contributed by atoms with E-state index in [1.807, 2.05) is 0 Å². The molecule has 0 aliphatic carbocycles. The van der Waals surface area contributed by atoms with E-state index in [1.165, 1.54) is 14.2 Å². The second-order valence-corrected chi connectivity index (χ2v) is 6.90. The second-order valence-electron chi connectivity index (χ2n) is 5.87. The lowest BCUT2D eigenvalue weighted by Crippen LogP contribution is -2.18. The Balaban J connectivity index is 1.93. The van der Waals surface area contributed by atoms with Crippen LogP contribution in [0.1, 0.15) is 39.7 Å². The van der Waals surface area contributed by atoms with E-state index < -0.39 is 23.7 Å². The Morgan fingerprint density at radius 1 is 1.29 bits per heavy atom. The van der Waals surface area contributed by atoms with Crippen LogP contribution in [0, 0.1) is 0 Å². The number of carbonyl (C=O) groups excluding carboxylic acids is 1. The third-order valence-corrected chi connectivity index (χ3v) is 5.20. The summed E-state index contributed by atoms with van der Waals surface area (Å²) in [5.41, 5.74) is -1.15. The van der Waals surface area contributed by atoms with Gasteiger partial charge in [0.15, 0.2) is 16.4 Å². The van der Waals surface area contributed by atoms with Crippen LogP contribution in [0.2, 0.25) is 0 Å². The van der Waals surface area contributed by atoms with Gasteiger partial charge in [-0.2, -0.15) is 13.2 Å². The van der Waals surface area contributed by atoms with Gasteiger partial charge in [-0.3, -0.25) is 10.1 Å². The molecule has 3 rings (SSSR count). The fourth-order valence-corrected chi connectivity index (χ4v) is 3.93. The second kappa shape index (κ2) is 8.27. The maximum absolute atomic E-state index is 13.4. The summed E-state index contributed by atoms with van der Waals surface area (Å²) in [6, 6.07) is 0. The first-order valence-electron chi connectivity index (χ1n) is 8.25. The molecular weight excluding hydrogens is 401 g/mol. The highest BCUT2D eigenvalue weighted by Crippen LogP contribution is 2.42. The van der Waals surface area contributed by atoms with Crippen LogP contribution in [0.4, 0.5) is 18.3 Å². The normalized spacial score (nSPS) is 17.2. The molecule has 2 aromatic heterocycles. The number of carbonyl (C=O) groups is 1. The van der Waals surface area contributed by atoms with E-state index >= 15 is 0 Å². The van der Waals surface area contributed by atoms with Gasteiger partial charge in [0.2, 0.25) is 11.8 Å². The number of rotatable bonds is 5. The summed E-state index contributed by atoms with van der Waals surface area (Å²) in [6.07, 6.45) is -2.28. The van der Waals surface area contributed by atoms with Gasteiger partial charge in [0.1, 0.15) is 6.33 Å². The molecule has 8 nitrogen and oxygen atoms in total. The zero-order valence-corrected chi connectivity index (χ0v) is 15.8. The molecule has 1 amide bonds. The minimum atomic E-state index is -4.64. The molecule has 0 aromatic carbocycles. The number of thiazole rings is 1. The van der Waals surface area contributed by atoms with Gasteiger partial charge >= 0.3 is 6.18 Å². The third kappa shape index (κ3) is 4.17. The van der Waals surface area contributed by atoms with Crippen LogP contribution < -0.4 is 14.8 Å². The Hall–Kier alpha value is -2.47. The number of nitrogens with one attached hydrogen (secondary N) is 1. The quantitative estimate of drug-likeness (QED) is 0.797. The summed E-state index contributed by atoms with van der Waals surface area (Å²) in [4.78, 5) is 23.9. The van der Waals surface area contributed by atoms with E-state index in [9.17, 15) is 18.0 Å². The van der Waals surface area contributed by atoms with E-state index in [0.717, 1.165) is 17.7 Å². The summed E-state index contributed by atoms with van der Waals surface area (Å²) >= 11 is 0.777. The first kappa shape index (κ1) is 20.3. The zero-order valence-electron chi connectivity index (χ0n) is 15.0. The van der Waals surface area contributed by atoms with Gasteiger partial charge in [0.25, 0.3) is 5.91 Å². The van der Waals surface area contributed by atoms with Crippen LogP contribution in [-0.2, 0) is 10.9 Å². The molecule has 0 spiro atoms. The summed E-state index contributed by atoms with van der Waals surface area (Å²) in [5, 5.41) is 2.18. The van der Waals surface area contributed by atoms with Crippen molar-refractivity contribution in [3.63, 3.8) is 0 Å². The number of hydrogen-bond acceptors (Lipinski definition) is 8. The summed E-state index contributed by atoms with van der Waals surface area (Å²) in [7, 11) is 2.59. The summed E-state index contributed by atoms with van der Waals surface area (Å²) < 4.78 is 55.7. The number of methoxy groups -OCH3 is 2. The molecule has 3 heterocycles. The van der Waals surface area contributed by atoms with Crippen LogP contribution in [-0.4, -0.2) is 48.3 Å². The van der Waals surface area contributed by atoms with Gasteiger partial charge in [-0.15, -0.1) is 11.3 Å². The van der Waals surface area contributed by atoms with Crippen molar-refractivity contribution in [1.29, 1.82) is 0 Å². The molecule has 0 radical (unpaired) electrons. The van der Waals surface area contributed by atoms with E-state index in [4.69, 9.17) is 14.2 Å². The minimum Gasteiger partial charge on any atom is -0.480 e. The fraction of sp³-hybridized carbons (Fsp3) is 0.500. The summed E-state index contributed by atoms with van der Waals surface area (Å²) in [6.45, 7) is 0.709. The first-order chi connectivity index (χ1) is 13.3. The molecule has 1 fully saturated rings. The Morgan fingerprint density at radius 3 is 2.50 bits per heavy atom. The van der Waals surface area contributed by atoms with Crippen molar-refractivity contribution < 1.29 is 32.2 Å². The van der Waals surface area contributed by atoms with Crippen LogP contribution >= 0.6 is 11.3 Å². The van der Waals surface area contributed by atoms with E-state index in [0.29, 0.717) is 19.4 Å². The predicted molar refractivity (Wildman–Crippen MR) is 93.0 cm³/mol. The lowest BCUT2D eigenvalue weighted by atomic mass is 9.99. The van der Waals surface area contributed by atoms with Gasteiger partial charge in [0.05, 0.1) is 20.8 Å². The number of anilines is 1. The highest BCUT2D eigenvalue weighted by Gasteiger charge is 2.40. The molecule has 12 heteroatoms. The Bertz CT molecular complexity index is 831. The maximum Gasteiger partial charge on any atom is 0.434 e. The van der Waals surface area contributed by atoms with Crippen LogP contribution in [0.25, 0.3) is 0 Å². The standard InChI is InChI=1S/C16H17F3N4O4S/c1-25-13-9(14(26-2)21-7-20-13)12(24)23-15-22-11(16(17,18)19)10(28-15)8-4-3-5-27-6-8/h7-8H,3-6H2,1-2H3,(H,22,23,24)/t8-/m1/s1. The van der Waals surface area contributed by atoms with Gasteiger partial charge in [0, 0.05) is 17.4 Å². The van der Waals surface area contributed by atoms with Crippen LogP contribution in [0.3, 0.4) is 0 Å². The lowest BCUT2D eigenvalue weighted by molar-refractivity contribution is -0.141. The number of hydrogen-bond donors (Lipinski definition) is 1. The monoisotopic (exact) mass is 418 g/mol. The van der Waals surface area contributed by atoms with Crippen molar-refractivity contribution in [1.82, 2.24) is 15.0 Å². The Morgan fingerprint density at radius 2 is 1.96 bits per heavy atom. The van der Waals surface area contributed by atoms with Gasteiger partial charge in [-0.25, -0.2) is 15.0 Å². The number of halogens is 3. The first-order valence-corrected chi connectivity index (χ1v) is 9.06. The van der Waals surface area contributed by atoms with Crippen LogP contribution in [0.15, 0.2) is 6.33 Å². The molecule has 1 atom stereocenters. The molecule has 28 heavy (non-hydrogen) atoms. The molecule has 1 aliphatic heterocycles. The topological polar surface area (TPSA) is 95.5 Å². The van der Waals surface area contributed by atoms with Crippen LogP contribution in [0.5, 0.6) is 11.8 Å². The van der Waals surface area contributed by atoms with E-state index in [2.05, 4.69) is 20.3 Å². The average Bonchev–Trinajstić information content (AvgIpc) is 3.12. The Kier molecular flexibility index (Phi) is 5.98. The smallest absolute Gasteiger partial charge is 0.434 e. The number of amides is 1. The van der Waals surface area contributed by atoms with Crippen molar-refractivity contribution in [2.45, 2.75) is 24.9 Å². The molecule has 2 aromatic rings. The third-order valence-electron chi connectivity index (χ3n) is 4.06. The maximum atomic E-state index is 13.4. The highest BCUT2D eigenvalue weighted by molar-refractivity contribution is 7.16. The average molecular weight is 418 g/mol. The molecular formula is C16H17F3N4O4S. The van der Waals surface area contributed by atoms with Gasteiger partial charge in [-0.1, -0.05) is 0 Å². The SMILES string of the molecule is COc1ncnc(OC)c1C(=O)Nc1nc(C(F)(F)F)c([C@@H]2CCCOC2)s1. The molecule has 1 saturated heterocycles. The molecule has 0 bridgehead atoms. The largest absolute Gasteiger partial charge is 0.480 e. The van der Waals surface area contributed by atoms with Crippen molar-refractivity contribution in [2.75, 3.05) is 32.8 Å². The minimum absolute atomic E-state index is 0.0470. The Labute approximate surface area is 162 Å². The zero-order chi connectivity index (χ0) is 20.3. The number of aromatic nitrogens is 3. The summed E-state index contributed by atoms with van der Waals surface area (Å²) in [5.74, 6) is -1.35. The highest BCUT2D eigenvalue weighted by atomic mass is 32.1. The number of ether oxygens (including phenoxy) is 3. The van der Waals surface area contributed by atoms with Crippen molar-refractivity contribution >= 4 is 22.4 Å². The van der Waals surface area contributed by atoms with Gasteiger partial charge in [-0.05, 0) is 12.8 Å². The molecule has 0 unspecified atom stereocenters.